The number of furan rings is 1. The molecule has 5 atom stereocenters. The van der Waals surface area contributed by atoms with Crippen molar-refractivity contribution in [1.29, 1.82) is 0 Å². The number of halogens is 1. The molecule has 4 heterocycles. The molecule has 0 unspecified atom stereocenters. The molecule has 2 aromatic heterocycles. The number of allylic oxidation sites excluding steroid dienone is 2. The van der Waals surface area contributed by atoms with Gasteiger partial charge in [0.2, 0.25) is 27.4 Å². The summed E-state index contributed by atoms with van der Waals surface area (Å²) in [6, 6.07) is 21.6. The zero-order valence-electron chi connectivity index (χ0n) is 34.9. The molecule has 2 amide bonds. The number of carbonyl (C=O) groups is 3. The number of sulfonamides is 1. The molecule has 1 N–H and O–H groups in total. The number of hydrogen-bond donors (Lipinski definition) is 1. The Bertz CT molecular complexity index is 2640. The molecule has 1 saturated heterocycles. The number of ether oxygens (including phenoxy) is 2. The predicted octanol–water partition coefficient (Wildman–Crippen LogP) is 8.79. The summed E-state index contributed by atoms with van der Waals surface area (Å²) >= 11 is 6.23. The molecule has 12 nitrogen and oxygen atoms in total. The number of benzene rings is 3. The van der Waals surface area contributed by atoms with Gasteiger partial charge in [0, 0.05) is 34.7 Å². The van der Waals surface area contributed by atoms with Crippen LogP contribution < -0.4 is 14.2 Å². The summed E-state index contributed by atoms with van der Waals surface area (Å²) < 4.78 is 47.3. The first-order chi connectivity index (χ1) is 29.9. The lowest BCUT2D eigenvalue weighted by atomic mass is 9.90. The minimum atomic E-state index is -3.85. The van der Waals surface area contributed by atoms with E-state index in [0.717, 1.165) is 42.2 Å². The number of aromatic nitrogens is 2. The molecule has 0 radical (unpaired) electrons. The molecular formula is C48H51ClN4O8S. The van der Waals surface area contributed by atoms with E-state index in [1.807, 2.05) is 98.8 Å². The number of carbonyl (C=O) groups excluding carboxylic acids is 3. The molecule has 3 aromatic carbocycles. The first-order valence-electron chi connectivity index (χ1n) is 21.8. The Balaban J connectivity index is 1.07. The van der Waals surface area contributed by atoms with Crippen LogP contribution in [0.4, 0.5) is 0 Å². The van der Waals surface area contributed by atoms with Crippen LogP contribution in [0.3, 0.4) is 0 Å². The molecule has 4 aliphatic rings. The van der Waals surface area contributed by atoms with Crippen molar-refractivity contribution in [2.75, 3.05) is 6.54 Å². The van der Waals surface area contributed by atoms with E-state index in [2.05, 4.69) is 4.72 Å². The molecule has 9 rings (SSSR count). The van der Waals surface area contributed by atoms with Gasteiger partial charge in [-0.25, -0.2) is 13.4 Å². The Morgan fingerprint density at radius 2 is 1.76 bits per heavy atom. The Labute approximate surface area is 366 Å². The highest BCUT2D eigenvalue weighted by Gasteiger charge is 2.61. The van der Waals surface area contributed by atoms with Crippen LogP contribution in [0.5, 0.6) is 11.6 Å². The van der Waals surface area contributed by atoms with Crippen molar-refractivity contribution in [3.8, 4) is 23.0 Å². The van der Waals surface area contributed by atoms with Crippen LogP contribution >= 0.6 is 11.6 Å². The molecule has 2 aliphatic heterocycles. The van der Waals surface area contributed by atoms with Gasteiger partial charge in [0.15, 0.2) is 11.6 Å². The highest BCUT2D eigenvalue weighted by molar-refractivity contribution is 7.90. The monoisotopic (exact) mass is 878 g/mol. The van der Waals surface area contributed by atoms with Crippen molar-refractivity contribution in [3.63, 3.8) is 0 Å². The number of hydrogen-bond acceptors (Lipinski definition) is 10. The maximum Gasteiger partial charge on any atom is 0.262 e. The Morgan fingerprint density at radius 1 is 0.984 bits per heavy atom. The lowest BCUT2D eigenvalue weighted by molar-refractivity contribution is -0.142. The minimum absolute atomic E-state index is 0.00607. The third-order valence-electron chi connectivity index (χ3n) is 12.7. The van der Waals surface area contributed by atoms with Crippen molar-refractivity contribution in [2.45, 2.75) is 108 Å². The summed E-state index contributed by atoms with van der Waals surface area (Å²) in [5.41, 5.74) is 1.97. The van der Waals surface area contributed by atoms with Crippen LogP contribution in [-0.2, 0) is 30.8 Å². The number of ketones is 1. The molecular weight excluding hydrogens is 828 g/mol. The van der Waals surface area contributed by atoms with Crippen LogP contribution in [0.15, 0.2) is 89.4 Å². The van der Waals surface area contributed by atoms with Gasteiger partial charge in [-0.2, -0.15) is 4.98 Å². The molecule has 0 bridgehead atoms. The van der Waals surface area contributed by atoms with E-state index in [1.54, 1.807) is 4.90 Å². The van der Waals surface area contributed by atoms with Crippen molar-refractivity contribution >= 4 is 61.3 Å². The number of para-hydroxylation sites is 1. The molecule has 62 heavy (non-hydrogen) atoms. The highest BCUT2D eigenvalue weighted by Crippen LogP contribution is 2.57. The second-order valence-corrected chi connectivity index (χ2v) is 20.1. The third-order valence-corrected chi connectivity index (χ3v) is 14.7. The summed E-state index contributed by atoms with van der Waals surface area (Å²) in [5, 5.41) is 0.793. The van der Waals surface area contributed by atoms with Gasteiger partial charge in [-0.15, -0.1) is 0 Å². The molecule has 5 aromatic rings. The summed E-state index contributed by atoms with van der Waals surface area (Å²) in [6.45, 7) is 4.02. The summed E-state index contributed by atoms with van der Waals surface area (Å²) in [7, 11) is -3.85. The summed E-state index contributed by atoms with van der Waals surface area (Å²) in [5.74, 6) is -0.552. The zero-order chi connectivity index (χ0) is 43.2. The van der Waals surface area contributed by atoms with Gasteiger partial charge in [0.25, 0.3) is 5.88 Å². The van der Waals surface area contributed by atoms with Crippen LogP contribution in [0, 0.1) is 17.3 Å². The molecule has 3 fully saturated rings. The van der Waals surface area contributed by atoms with Crippen molar-refractivity contribution < 1.29 is 36.7 Å². The molecule has 2 saturated carbocycles. The normalized spacial score (nSPS) is 25.2. The first kappa shape index (κ1) is 42.1. The van der Waals surface area contributed by atoms with Gasteiger partial charge in [0.1, 0.15) is 23.0 Å². The van der Waals surface area contributed by atoms with E-state index in [4.69, 9.17) is 35.5 Å². The number of amides is 2. The van der Waals surface area contributed by atoms with E-state index in [0.29, 0.717) is 65.4 Å². The number of nitrogens with one attached hydrogen (secondary N) is 1. The van der Waals surface area contributed by atoms with Crippen molar-refractivity contribution in [2.24, 2.45) is 17.3 Å². The standard InChI is InChI=1S/C48H51ClN4O8S/c1-29(2)59-35-20-16-31(17-21-35)44-50-42-38-12-8-9-13-41(38)61-43(42)45(51-44)60-36-25-39-40(54)27-48(47(56)52-62(57,58)37-22-23-37)26-33(48)11-7-5-3-4-6-10-32(46(55)53(39)28-36)24-30-14-18-34(49)19-15-30/h7-9,11-21,29,32-33,36-37,39H,3-6,10,22-28H2,1-2H3,(H,52,56)/b11-7-/t32-,33+,36-,39+,48-/m1/s1. The Hall–Kier alpha value is -5.27. The van der Waals surface area contributed by atoms with Gasteiger partial charge < -0.3 is 18.8 Å². The van der Waals surface area contributed by atoms with Gasteiger partial charge in [-0.05, 0) is 119 Å². The zero-order valence-corrected chi connectivity index (χ0v) is 36.5. The largest absolute Gasteiger partial charge is 0.491 e. The van der Waals surface area contributed by atoms with E-state index < -0.39 is 44.7 Å². The maximum atomic E-state index is 15.0. The molecule has 14 heteroatoms. The Kier molecular flexibility index (Phi) is 11.6. The lowest BCUT2D eigenvalue weighted by Crippen LogP contribution is -2.46. The van der Waals surface area contributed by atoms with Crippen LogP contribution in [0.2, 0.25) is 5.02 Å². The van der Waals surface area contributed by atoms with E-state index in [1.165, 1.54) is 0 Å². The number of Topliss-reactive ketones (excluding diaryl/α,β-unsaturated/α-hetero) is 1. The van der Waals surface area contributed by atoms with Crippen LogP contribution in [0.25, 0.3) is 33.5 Å². The minimum Gasteiger partial charge on any atom is -0.491 e. The average Bonchev–Trinajstić information content (AvgIpc) is 4.15. The fourth-order valence-corrected chi connectivity index (χ4v) is 10.6. The molecule has 2 aliphatic carbocycles. The van der Waals surface area contributed by atoms with E-state index in [-0.39, 0.29) is 49.0 Å². The fourth-order valence-electron chi connectivity index (χ4n) is 9.11. The lowest BCUT2D eigenvalue weighted by Gasteiger charge is -2.29. The average molecular weight is 879 g/mol. The quantitative estimate of drug-likeness (QED) is 0.135. The highest BCUT2D eigenvalue weighted by atomic mass is 35.5. The molecule has 324 valence electrons. The van der Waals surface area contributed by atoms with Gasteiger partial charge in [0.05, 0.1) is 29.4 Å². The number of fused-ring (bicyclic) bond motifs is 5. The molecule has 0 spiro atoms. The second kappa shape index (κ2) is 17.1. The van der Waals surface area contributed by atoms with Crippen molar-refractivity contribution in [1.82, 2.24) is 19.6 Å². The number of nitrogens with zero attached hydrogens (tertiary/aromatic N) is 3. The SMILES string of the molecule is CC(C)Oc1ccc(-c2nc(O[C@@H]3C[C@H]4C(=O)C[C@]5(C(=O)NS(=O)(=O)C6CC6)C[C@@H]5/C=C\CCCCC[C@H](Cc5ccc(Cl)cc5)C(=O)N4C3)c3oc4ccccc4c3n2)cc1. The second-order valence-electron chi connectivity index (χ2n) is 17.7. The van der Waals surface area contributed by atoms with E-state index in [9.17, 15) is 22.8 Å². The maximum absolute atomic E-state index is 15.0. The predicted molar refractivity (Wildman–Crippen MR) is 236 cm³/mol. The fraction of sp³-hybridized carbons (Fsp3) is 0.438. The van der Waals surface area contributed by atoms with Crippen LogP contribution in [-0.4, -0.2) is 70.9 Å². The summed E-state index contributed by atoms with van der Waals surface area (Å²) in [4.78, 5) is 55.3. The Morgan fingerprint density at radius 3 is 2.52 bits per heavy atom. The topological polar surface area (TPSA) is 158 Å². The van der Waals surface area contributed by atoms with Crippen LogP contribution in [0.1, 0.15) is 83.6 Å². The van der Waals surface area contributed by atoms with E-state index >= 15 is 0 Å². The first-order valence-corrected chi connectivity index (χ1v) is 23.7. The smallest absolute Gasteiger partial charge is 0.262 e. The van der Waals surface area contributed by atoms with Gasteiger partial charge in [-0.3, -0.25) is 19.1 Å². The number of rotatable bonds is 10. The van der Waals surface area contributed by atoms with Crippen molar-refractivity contribution in [3.05, 3.63) is 95.5 Å². The summed E-state index contributed by atoms with van der Waals surface area (Å²) in [6.07, 6.45) is 9.10. The third kappa shape index (κ3) is 8.83. The van der Waals surface area contributed by atoms with Gasteiger partial charge >= 0.3 is 0 Å². The van der Waals surface area contributed by atoms with Gasteiger partial charge in [-0.1, -0.05) is 60.9 Å².